The van der Waals surface area contributed by atoms with E-state index in [4.69, 9.17) is 14.6 Å². The topological polar surface area (TPSA) is 55.8 Å². The van der Waals surface area contributed by atoms with Crippen molar-refractivity contribution in [3.63, 3.8) is 0 Å². The quantitative estimate of drug-likeness (QED) is 0.268. The van der Waals surface area contributed by atoms with Crippen LogP contribution in [-0.2, 0) is 11.2 Å². The predicted molar refractivity (Wildman–Crippen MR) is 125 cm³/mol. The summed E-state index contributed by atoms with van der Waals surface area (Å²) in [5, 5.41) is 8.94. The number of hydrogen-bond acceptors (Lipinski definition) is 3. The Kier molecular flexibility index (Phi) is 13.3. The number of rotatable bonds is 17. The molecule has 0 aliphatic carbocycles. The third-order valence-corrected chi connectivity index (χ3v) is 6.00. The number of aliphatic carboxylic acids is 1. The van der Waals surface area contributed by atoms with Crippen LogP contribution in [0.1, 0.15) is 107 Å². The smallest absolute Gasteiger partial charge is 0.341 e. The van der Waals surface area contributed by atoms with Gasteiger partial charge in [0.25, 0.3) is 0 Å². The normalized spacial score (nSPS) is 11.0. The van der Waals surface area contributed by atoms with Crippen LogP contribution in [0.5, 0.6) is 11.5 Å². The van der Waals surface area contributed by atoms with Gasteiger partial charge < -0.3 is 14.6 Å². The molecule has 0 amide bonds. The Bertz CT molecular complexity index is 637. The summed E-state index contributed by atoms with van der Waals surface area (Å²) in [4.78, 5) is 10.9. The van der Waals surface area contributed by atoms with Crippen molar-refractivity contribution in [3.8, 4) is 11.5 Å². The Labute approximate surface area is 184 Å². The maximum absolute atomic E-state index is 10.9. The van der Waals surface area contributed by atoms with Crippen LogP contribution in [0.15, 0.2) is 0 Å². The number of benzene rings is 1. The molecule has 0 aliphatic heterocycles. The molecule has 0 atom stereocenters. The van der Waals surface area contributed by atoms with Crippen LogP contribution >= 0.6 is 0 Å². The fourth-order valence-corrected chi connectivity index (χ4v) is 4.07. The Hall–Kier alpha value is -1.71. The highest BCUT2D eigenvalue weighted by atomic mass is 16.5. The first-order valence-electron chi connectivity index (χ1n) is 12.0. The summed E-state index contributed by atoms with van der Waals surface area (Å²) >= 11 is 0. The van der Waals surface area contributed by atoms with Gasteiger partial charge in [-0.25, -0.2) is 4.79 Å². The molecule has 0 saturated heterocycles. The number of hydrogen-bond donors (Lipinski definition) is 1. The standard InChI is InChI=1S/C26H44O4/c1-6-8-9-10-11-12-13-14-15-16-17-18-29-26-21(4)20(3)25(30-19-24(27)28)22(5)23(26)7-2/h6-19H2,1-5H3,(H,27,28). The van der Waals surface area contributed by atoms with Crippen molar-refractivity contribution in [2.45, 2.75) is 112 Å². The van der Waals surface area contributed by atoms with E-state index >= 15 is 0 Å². The molecule has 1 rings (SSSR count). The van der Waals surface area contributed by atoms with Gasteiger partial charge in [0, 0.05) is 5.56 Å². The van der Waals surface area contributed by atoms with Crippen LogP contribution < -0.4 is 9.47 Å². The maximum Gasteiger partial charge on any atom is 0.341 e. The monoisotopic (exact) mass is 420 g/mol. The van der Waals surface area contributed by atoms with Crippen molar-refractivity contribution < 1.29 is 19.4 Å². The molecule has 0 fully saturated rings. The van der Waals surface area contributed by atoms with E-state index in [9.17, 15) is 4.79 Å². The largest absolute Gasteiger partial charge is 0.493 e. The van der Waals surface area contributed by atoms with Crippen LogP contribution in [0.3, 0.4) is 0 Å². The van der Waals surface area contributed by atoms with Gasteiger partial charge in [0.15, 0.2) is 6.61 Å². The number of carboxylic acids is 1. The van der Waals surface area contributed by atoms with Crippen LogP contribution in [0.2, 0.25) is 0 Å². The van der Waals surface area contributed by atoms with E-state index in [1.165, 1.54) is 64.2 Å². The first kappa shape index (κ1) is 26.3. The van der Waals surface area contributed by atoms with Gasteiger partial charge in [-0.15, -0.1) is 0 Å². The minimum atomic E-state index is -0.957. The van der Waals surface area contributed by atoms with E-state index in [1.807, 2.05) is 20.8 Å². The molecule has 0 aromatic heterocycles. The number of carbonyl (C=O) groups is 1. The maximum atomic E-state index is 10.9. The fourth-order valence-electron chi connectivity index (χ4n) is 4.07. The van der Waals surface area contributed by atoms with Crippen LogP contribution in [0.4, 0.5) is 0 Å². The number of unbranched alkanes of at least 4 members (excludes halogenated alkanes) is 10. The van der Waals surface area contributed by atoms with Crippen molar-refractivity contribution in [3.05, 3.63) is 22.3 Å². The van der Waals surface area contributed by atoms with Gasteiger partial charge in [0.05, 0.1) is 6.61 Å². The fraction of sp³-hybridized carbons (Fsp3) is 0.731. The Morgan fingerprint density at radius 1 is 0.700 bits per heavy atom. The van der Waals surface area contributed by atoms with E-state index < -0.39 is 5.97 Å². The second-order valence-electron chi connectivity index (χ2n) is 8.43. The molecule has 4 heteroatoms. The van der Waals surface area contributed by atoms with Gasteiger partial charge in [-0.1, -0.05) is 78.1 Å². The first-order chi connectivity index (χ1) is 14.4. The lowest BCUT2D eigenvalue weighted by atomic mass is 9.96. The van der Waals surface area contributed by atoms with Crippen molar-refractivity contribution in [1.29, 1.82) is 0 Å². The lowest BCUT2D eigenvalue weighted by Gasteiger charge is -2.21. The molecular formula is C26H44O4. The second kappa shape index (κ2) is 15.1. The summed E-state index contributed by atoms with van der Waals surface area (Å²) in [6, 6.07) is 0. The molecular weight excluding hydrogens is 376 g/mol. The highest BCUT2D eigenvalue weighted by Gasteiger charge is 2.19. The van der Waals surface area contributed by atoms with E-state index in [0.29, 0.717) is 5.75 Å². The molecule has 0 unspecified atom stereocenters. The zero-order valence-electron chi connectivity index (χ0n) is 20.1. The van der Waals surface area contributed by atoms with E-state index in [2.05, 4.69) is 13.8 Å². The SMILES string of the molecule is CCCCCCCCCCCCCOc1c(C)c(C)c(OCC(=O)O)c(C)c1CC. The minimum absolute atomic E-state index is 0.316. The molecule has 30 heavy (non-hydrogen) atoms. The van der Waals surface area contributed by atoms with Crippen LogP contribution in [-0.4, -0.2) is 24.3 Å². The summed E-state index contributed by atoms with van der Waals surface area (Å²) in [6.45, 7) is 10.8. The van der Waals surface area contributed by atoms with Crippen molar-refractivity contribution >= 4 is 5.97 Å². The Morgan fingerprint density at radius 3 is 1.70 bits per heavy atom. The first-order valence-corrected chi connectivity index (χ1v) is 12.0. The zero-order valence-corrected chi connectivity index (χ0v) is 20.1. The number of ether oxygens (including phenoxy) is 2. The van der Waals surface area contributed by atoms with Gasteiger partial charge in [-0.2, -0.15) is 0 Å². The van der Waals surface area contributed by atoms with Crippen molar-refractivity contribution in [2.24, 2.45) is 0 Å². The predicted octanol–water partition coefficient (Wildman–Crippen LogP) is 7.33. The average Bonchev–Trinajstić information content (AvgIpc) is 2.72. The summed E-state index contributed by atoms with van der Waals surface area (Å²) in [6.07, 6.45) is 15.4. The molecule has 0 heterocycles. The molecule has 1 N–H and O–H groups in total. The van der Waals surface area contributed by atoms with Gasteiger partial charge in [-0.05, 0) is 50.3 Å². The lowest BCUT2D eigenvalue weighted by Crippen LogP contribution is -2.13. The highest BCUT2D eigenvalue weighted by Crippen LogP contribution is 2.38. The molecule has 1 aromatic carbocycles. The molecule has 0 radical (unpaired) electrons. The van der Waals surface area contributed by atoms with E-state index in [-0.39, 0.29) is 6.61 Å². The molecule has 0 bridgehead atoms. The summed E-state index contributed by atoms with van der Waals surface area (Å²) < 4.78 is 11.8. The third-order valence-electron chi connectivity index (χ3n) is 6.00. The Morgan fingerprint density at radius 2 is 1.20 bits per heavy atom. The van der Waals surface area contributed by atoms with Crippen molar-refractivity contribution in [2.75, 3.05) is 13.2 Å². The lowest BCUT2D eigenvalue weighted by molar-refractivity contribution is -0.139. The molecule has 1 aromatic rings. The molecule has 0 aliphatic rings. The number of carboxylic acid groups (broad SMARTS) is 1. The van der Waals surface area contributed by atoms with Crippen LogP contribution in [0.25, 0.3) is 0 Å². The third kappa shape index (κ3) is 8.97. The van der Waals surface area contributed by atoms with Gasteiger partial charge in [-0.3, -0.25) is 0 Å². The van der Waals surface area contributed by atoms with Crippen LogP contribution in [0, 0.1) is 20.8 Å². The van der Waals surface area contributed by atoms with E-state index in [1.54, 1.807) is 0 Å². The molecule has 4 nitrogen and oxygen atoms in total. The van der Waals surface area contributed by atoms with Gasteiger partial charge in [0.1, 0.15) is 11.5 Å². The van der Waals surface area contributed by atoms with E-state index in [0.717, 1.165) is 47.5 Å². The average molecular weight is 421 g/mol. The van der Waals surface area contributed by atoms with Gasteiger partial charge in [0.2, 0.25) is 0 Å². The zero-order chi connectivity index (χ0) is 22.4. The molecule has 0 spiro atoms. The molecule has 172 valence electrons. The minimum Gasteiger partial charge on any atom is -0.493 e. The summed E-state index contributed by atoms with van der Waals surface area (Å²) in [5.41, 5.74) is 4.15. The highest BCUT2D eigenvalue weighted by molar-refractivity contribution is 5.69. The summed E-state index contributed by atoms with van der Waals surface area (Å²) in [7, 11) is 0. The van der Waals surface area contributed by atoms with Gasteiger partial charge >= 0.3 is 5.97 Å². The Balaban J connectivity index is 2.42. The second-order valence-corrected chi connectivity index (χ2v) is 8.43. The van der Waals surface area contributed by atoms with Crippen molar-refractivity contribution in [1.82, 2.24) is 0 Å². The summed E-state index contributed by atoms with van der Waals surface area (Å²) in [5.74, 6) is 0.692. The molecule has 0 saturated carbocycles.